The number of hydrogen-bond donors (Lipinski definition) is 1. The average Bonchev–Trinajstić information content (AvgIpc) is 2.43. The molecule has 0 atom stereocenters. The van der Waals surface area contributed by atoms with E-state index < -0.39 is 0 Å². The van der Waals surface area contributed by atoms with Gasteiger partial charge in [0.15, 0.2) is 5.78 Å². The van der Waals surface area contributed by atoms with Gasteiger partial charge < -0.3 is 5.32 Å². The topological polar surface area (TPSA) is 29.1 Å². The van der Waals surface area contributed by atoms with Gasteiger partial charge in [-0.1, -0.05) is 42.0 Å². The number of rotatable bonds is 5. The lowest BCUT2D eigenvalue weighted by Gasteiger charge is -2.10. The minimum atomic E-state index is 0.183. The number of ketones is 1. The lowest BCUT2D eigenvalue weighted by atomic mass is 10.1. The lowest BCUT2D eigenvalue weighted by Crippen LogP contribution is -2.09. The Labute approximate surface area is 120 Å². The average molecular weight is 267 g/mol. The summed E-state index contributed by atoms with van der Waals surface area (Å²) in [5.41, 5.74) is 5.51. The van der Waals surface area contributed by atoms with E-state index in [1.165, 1.54) is 16.7 Å². The third-order valence-electron chi connectivity index (χ3n) is 3.43. The summed E-state index contributed by atoms with van der Waals surface area (Å²) in [6.07, 6.45) is 0.510. The molecule has 2 nitrogen and oxygen atoms in total. The van der Waals surface area contributed by atoms with Crippen molar-refractivity contribution in [3.63, 3.8) is 0 Å². The second kappa shape index (κ2) is 6.38. The monoisotopic (exact) mass is 267 g/mol. The van der Waals surface area contributed by atoms with E-state index in [0.717, 1.165) is 11.3 Å². The maximum Gasteiger partial charge on any atom is 0.164 e. The number of carbonyl (C=O) groups is 1. The van der Waals surface area contributed by atoms with Gasteiger partial charge in [-0.05, 0) is 38.0 Å². The number of benzene rings is 2. The summed E-state index contributed by atoms with van der Waals surface area (Å²) < 4.78 is 0. The molecule has 104 valence electrons. The maximum atomic E-state index is 12.1. The lowest BCUT2D eigenvalue weighted by molar-refractivity contribution is 0.0986. The SMILES string of the molecule is Cc1ccc(C(=O)CCNc2cc(C)ccc2C)cc1. The molecule has 0 heterocycles. The summed E-state index contributed by atoms with van der Waals surface area (Å²) in [5.74, 6) is 0.183. The first kappa shape index (κ1) is 14.3. The Morgan fingerprint density at radius 2 is 1.60 bits per heavy atom. The fraction of sp³-hybridized carbons (Fsp3) is 0.278. The van der Waals surface area contributed by atoms with Crippen LogP contribution in [-0.4, -0.2) is 12.3 Å². The minimum absolute atomic E-state index is 0.183. The predicted octanol–water partition coefficient (Wildman–Crippen LogP) is 4.30. The molecule has 0 saturated heterocycles. The second-order valence-electron chi connectivity index (χ2n) is 5.28. The van der Waals surface area contributed by atoms with E-state index in [0.29, 0.717) is 13.0 Å². The number of Topliss-reactive ketones (excluding diaryl/α,β-unsaturated/α-hetero) is 1. The summed E-state index contributed by atoms with van der Waals surface area (Å²) in [6.45, 7) is 6.83. The highest BCUT2D eigenvalue weighted by molar-refractivity contribution is 5.96. The van der Waals surface area contributed by atoms with E-state index in [1.54, 1.807) is 0 Å². The van der Waals surface area contributed by atoms with Gasteiger partial charge in [-0.15, -0.1) is 0 Å². The number of aryl methyl sites for hydroxylation is 3. The summed E-state index contributed by atoms with van der Waals surface area (Å²) >= 11 is 0. The molecule has 0 aliphatic rings. The summed E-state index contributed by atoms with van der Waals surface area (Å²) in [6, 6.07) is 14.1. The minimum Gasteiger partial charge on any atom is -0.384 e. The fourth-order valence-corrected chi connectivity index (χ4v) is 2.12. The van der Waals surface area contributed by atoms with Crippen LogP contribution >= 0.6 is 0 Å². The third kappa shape index (κ3) is 3.70. The first-order chi connectivity index (χ1) is 9.56. The molecule has 2 aromatic carbocycles. The van der Waals surface area contributed by atoms with E-state index in [-0.39, 0.29) is 5.78 Å². The summed E-state index contributed by atoms with van der Waals surface area (Å²) in [4.78, 5) is 12.1. The molecule has 0 unspecified atom stereocenters. The Hall–Kier alpha value is -2.09. The third-order valence-corrected chi connectivity index (χ3v) is 3.43. The molecular weight excluding hydrogens is 246 g/mol. The molecule has 0 fully saturated rings. The molecule has 2 rings (SSSR count). The van der Waals surface area contributed by atoms with E-state index >= 15 is 0 Å². The van der Waals surface area contributed by atoms with Crippen LogP contribution < -0.4 is 5.32 Å². The Kier molecular flexibility index (Phi) is 4.57. The van der Waals surface area contributed by atoms with Gasteiger partial charge in [0.05, 0.1) is 0 Å². The Morgan fingerprint density at radius 3 is 2.30 bits per heavy atom. The molecule has 0 aromatic heterocycles. The van der Waals surface area contributed by atoms with Crippen LogP contribution in [0.1, 0.15) is 33.5 Å². The smallest absolute Gasteiger partial charge is 0.164 e. The zero-order chi connectivity index (χ0) is 14.5. The van der Waals surface area contributed by atoms with Crippen molar-refractivity contribution in [2.75, 3.05) is 11.9 Å². The highest BCUT2D eigenvalue weighted by atomic mass is 16.1. The van der Waals surface area contributed by atoms with Gasteiger partial charge in [-0.3, -0.25) is 4.79 Å². The van der Waals surface area contributed by atoms with Crippen LogP contribution in [0.2, 0.25) is 0 Å². The van der Waals surface area contributed by atoms with Gasteiger partial charge in [0, 0.05) is 24.2 Å². The number of anilines is 1. The highest BCUT2D eigenvalue weighted by Gasteiger charge is 2.05. The van der Waals surface area contributed by atoms with Crippen molar-refractivity contribution in [3.8, 4) is 0 Å². The molecule has 0 amide bonds. The van der Waals surface area contributed by atoms with Crippen molar-refractivity contribution < 1.29 is 4.79 Å². The van der Waals surface area contributed by atoms with Crippen molar-refractivity contribution >= 4 is 11.5 Å². The normalized spacial score (nSPS) is 10.3. The van der Waals surface area contributed by atoms with Crippen molar-refractivity contribution in [2.24, 2.45) is 0 Å². The highest BCUT2D eigenvalue weighted by Crippen LogP contribution is 2.16. The first-order valence-electron chi connectivity index (χ1n) is 6.97. The number of nitrogens with one attached hydrogen (secondary N) is 1. The Balaban J connectivity index is 1.91. The first-order valence-corrected chi connectivity index (χ1v) is 6.97. The van der Waals surface area contributed by atoms with Crippen LogP contribution in [-0.2, 0) is 0 Å². The van der Waals surface area contributed by atoms with Crippen LogP contribution in [0.5, 0.6) is 0 Å². The second-order valence-corrected chi connectivity index (χ2v) is 5.28. The molecule has 0 aliphatic heterocycles. The molecule has 0 bridgehead atoms. The van der Waals surface area contributed by atoms with Crippen molar-refractivity contribution in [1.82, 2.24) is 0 Å². The molecule has 0 aliphatic carbocycles. The van der Waals surface area contributed by atoms with Crippen molar-refractivity contribution in [2.45, 2.75) is 27.2 Å². The van der Waals surface area contributed by atoms with Gasteiger partial charge in [0.25, 0.3) is 0 Å². The van der Waals surface area contributed by atoms with E-state index in [1.807, 2.05) is 31.2 Å². The van der Waals surface area contributed by atoms with Gasteiger partial charge in [-0.25, -0.2) is 0 Å². The molecule has 1 N–H and O–H groups in total. The van der Waals surface area contributed by atoms with E-state index in [4.69, 9.17) is 0 Å². The zero-order valence-corrected chi connectivity index (χ0v) is 12.4. The predicted molar refractivity (Wildman–Crippen MR) is 84.5 cm³/mol. The van der Waals surface area contributed by atoms with Crippen LogP contribution in [0, 0.1) is 20.8 Å². The molecule has 20 heavy (non-hydrogen) atoms. The van der Waals surface area contributed by atoms with Crippen molar-refractivity contribution in [3.05, 3.63) is 64.7 Å². The van der Waals surface area contributed by atoms with Crippen LogP contribution in [0.15, 0.2) is 42.5 Å². The van der Waals surface area contributed by atoms with Gasteiger partial charge >= 0.3 is 0 Å². The standard InChI is InChI=1S/C18H21NO/c1-13-5-8-16(9-6-13)18(20)10-11-19-17-12-14(2)4-7-15(17)3/h4-9,12,19H,10-11H2,1-3H3. The Bertz CT molecular complexity index is 599. The molecule has 0 radical (unpaired) electrons. The van der Waals surface area contributed by atoms with Crippen LogP contribution in [0.25, 0.3) is 0 Å². The largest absolute Gasteiger partial charge is 0.384 e. The Morgan fingerprint density at radius 1 is 0.950 bits per heavy atom. The van der Waals surface area contributed by atoms with Crippen molar-refractivity contribution in [1.29, 1.82) is 0 Å². The fourth-order valence-electron chi connectivity index (χ4n) is 2.12. The molecular formula is C18H21NO. The quantitative estimate of drug-likeness (QED) is 0.818. The summed E-state index contributed by atoms with van der Waals surface area (Å²) in [7, 11) is 0. The zero-order valence-electron chi connectivity index (χ0n) is 12.4. The van der Waals surface area contributed by atoms with Crippen LogP contribution in [0.3, 0.4) is 0 Å². The molecule has 0 saturated carbocycles. The number of hydrogen-bond acceptors (Lipinski definition) is 2. The van der Waals surface area contributed by atoms with E-state index in [2.05, 4.69) is 37.4 Å². The maximum absolute atomic E-state index is 12.1. The molecule has 2 heteroatoms. The van der Waals surface area contributed by atoms with Gasteiger partial charge in [0.1, 0.15) is 0 Å². The van der Waals surface area contributed by atoms with Gasteiger partial charge in [-0.2, -0.15) is 0 Å². The van der Waals surface area contributed by atoms with Gasteiger partial charge in [0.2, 0.25) is 0 Å². The molecule has 2 aromatic rings. The summed E-state index contributed by atoms with van der Waals surface area (Å²) in [5, 5.41) is 3.34. The van der Waals surface area contributed by atoms with Crippen LogP contribution in [0.4, 0.5) is 5.69 Å². The van der Waals surface area contributed by atoms with E-state index in [9.17, 15) is 4.79 Å². The number of carbonyl (C=O) groups excluding carboxylic acids is 1. The molecule has 0 spiro atoms.